The van der Waals surface area contributed by atoms with E-state index in [2.05, 4.69) is 27.6 Å². The minimum atomic E-state index is -0.307. The predicted octanol–water partition coefficient (Wildman–Crippen LogP) is 1.54. The van der Waals surface area contributed by atoms with Gasteiger partial charge in [0, 0.05) is 22.8 Å². The highest BCUT2D eigenvalue weighted by molar-refractivity contribution is 14.1. The fourth-order valence-electron chi connectivity index (χ4n) is 0.562. The molecule has 1 aromatic rings. The maximum Gasteiger partial charge on any atom is 0.309 e. The number of H-pyrrole nitrogens is 1. The molecule has 0 aliphatic carbocycles. The molecule has 3 nitrogen and oxygen atoms in total. The second-order valence-electron chi connectivity index (χ2n) is 1.78. The van der Waals surface area contributed by atoms with E-state index in [0.717, 1.165) is 3.57 Å². The molecule has 0 atom stereocenters. The largest absolute Gasteiger partial charge is 0.410 e. The van der Waals surface area contributed by atoms with E-state index in [4.69, 9.17) is 4.74 Å². The van der Waals surface area contributed by atoms with Gasteiger partial charge < -0.3 is 9.72 Å². The number of rotatable bonds is 1. The van der Waals surface area contributed by atoms with Gasteiger partial charge in [0.2, 0.25) is 5.88 Å². The Kier molecular flexibility index (Phi) is 2.31. The van der Waals surface area contributed by atoms with Crippen molar-refractivity contribution in [3.63, 3.8) is 0 Å². The zero-order valence-electron chi connectivity index (χ0n) is 5.35. The van der Waals surface area contributed by atoms with Gasteiger partial charge in [-0.2, -0.15) is 0 Å². The minimum absolute atomic E-state index is 0.307. The molecule has 0 aliphatic heterocycles. The van der Waals surface area contributed by atoms with Gasteiger partial charge >= 0.3 is 5.97 Å². The van der Waals surface area contributed by atoms with Gasteiger partial charge in [0.05, 0.1) is 0 Å². The van der Waals surface area contributed by atoms with E-state index < -0.39 is 0 Å². The fraction of sp³-hybridized carbons (Fsp3) is 0.167. The van der Waals surface area contributed by atoms with Crippen molar-refractivity contribution in [2.24, 2.45) is 0 Å². The summed E-state index contributed by atoms with van der Waals surface area (Å²) >= 11 is 2.12. The molecule has 0 fully saturated rings. The summed E-state index contributed by atoms with van der Waals surface area (Å²) in [6.07, 6.45) is 1.76. The van der Waals surface area contributed by atoms with Crippen LogP contribution in [0.3, 0.4) is 0 Å². The van der Waals surface area contributed by atoms with Crippen LogP contribution in [0.4, 0.5) is 0 Å². The Morgan fingerprint density at radius 2 is 2.50 bits per heavy atom. The second-order valence-corrected chi connectivity index (χ2v) is 3.02. The van der Waals surface area contributed by atoms with Crippen molar-refractivity contribution in [1.82, 2.24) is 4.98 Å². The summed E-state index contributed by atoms with van der Waals surface area (Å²) in [7, 11) is 0. The van der Waals surface area contributed by atoms with E-state index in [1.54, 1.807) is 12.3 Å². The van der Waals surface area contributed by atoms with Gasteiger partial charge in [0.1, 0.15) is 0 Å². The zero-order chi connectivity index (χ0) is 7.56. The molecule has 1 aromatic heterocycles. The average Bonchev–Trinajstić information content (AvgIpc) is 2.13. The fourth-order valence-corrected chi connectivity index (χ4v) is 1.00. The molecule has 4 heteroatoms. The number of halogens is 1. The number of ether oxygens (including phenoxy) is 1. The molecule has 1 N–H and O–H groups in total. The molecule has 10 heavy (non-hydrogen) atoms. The van der Waals surface area contributed by atoms with E-state index in [9.17, 15) is 4.79 Å². The second kappa shape index (κ2) is 3.05. The molecule has 0 spiro atoms. The summed E-state index contributed by atoms with van der Waals surface area (Å²) < 4.78 is 5.76. The molecule has 0 amide bonds. The van der Waals surface area contributed by atoms with Crippen LogP contribution in [-0.4, -0.2) is 11.0 Å². The van der Waals surface area contributed by atoms with Crippen LogP contribution in [-0.2, 0) is 4.79 Å². The highest BCUT2D eigenvalue weighted by Crippen LogP contribution is 2.12. The smallest absolute Gasteiger partial charge is 0.309 e. The lowest BCUT2D eigenvalue weighted by Crippen LogP contribution is -2.00. The number of hydrogen-bond acceptors (Lipinski definition) is 2. The van der Waals surface area contributed by atoms with Crippen LogP contribution in [0.5, 0.6) is 5.88 Å². The maximum atomic E-state index is 10.4. The summed E-state index contributed by atoms with van der Waals surface area (Å²) in [6, 6.07) is 1.75. The van der Waals surface area contributed by atoms with Crippen LogP contribution in [0.25, 0.3) is 0 Å². The first-order valence-corrected chi connectivity index (χ1v) is 3.78. The van der Waals surface area contributed by atoms with Crippen molar-refractivity contribution in [2.75, 3.05) is 0 Å². The Morgan fingerprint density at radius 1 is 1.80 bits per heavy atom. The topological polar surface area (TPSA) is 42.1 Å². The normalized spacial score (nSPS) is 9.40. The molecule has 0 saturated heterocycles. The average molecular weight is 251 g/mol. The van der Waals surface area contributed by atoms with Crippen LogP contribution in [0.2, 0.25) is 0 Å². The van der Waals surface area contributed by atoms with Gasteiger partial charge in [-0.05, 0) is 22.6 Å². The van der Waals surface area contributed by atoms with Crippen molar-refractivity contribution in [3.05, 3.63) is 15.8 Å². The Bertz CT molecular complexity index is 244. The number of esters is 1. The van der Waals surface area contributed by atoms with E-state index in [1.807, 2.05) is 0 Å². The van der Waals surface area contributed by atoms with Gasteiger partial charge in [0.25, 0.3) is 0 Å². The highest BCUT2D eigenvalue weighted by atomic mass is 127. The van der Waals surface area contributed by atoms with Crippen molar-refractivity contribution < 1.29 is 9.53 Å². The van der Waals surface area contributed by atoms with E-state index in [0.29, 0.717) is 5.88 Å². The van der Waals surface area contributed by atoms with E-state index in [-0.39, 0.29) is 5.97 Å². The molecule has 0 aliphatic rings. The van der Waals surface area contributed by atoms with E-state index in [1.165, 1.54) is 6.92 Å². The molecule has 0 aromatic carbocycles. The third-order valence-corrected chi connectivity index (χ3v) is 1.50. The number of hydrogen-bond donors (Lipinski definition) is 1. The predicted molar refractivity (Wildman–Crippen MR) is 44.8 cm³/mol. The maximum absolute atomic E-state index is 10.4. The molecule has 1 heterocycles. The number of aromatic nitrogens is 1. The quantitative estimate of drug-likeness (QED) is 0.607. The SMILES string of the molecule is CC(=O)Oc1cc(I)c[nH]1. The molecule has 1 rings (SSSR count). The number of nitrogens with one attached hydrogen (secondary N) is 1. The summed E-state index contributed by atoms with van der Waals surface area (Å²) in [6.45, 7) is 1.37. The molecule has 0 unspecified atom stereocenters. The molecule has 0 radical (unpaired) electrons. The molecule has 54 valence electrons. The minimum Gasteiger partial charge on any atom is -0.410 e. The first kappa shape index (κ1) is 7.59. The monoisotopic (exact) mass is 251 g/mol. The Labute approximate surface area is 71.9 Å². The van der Waals surface area contributed by atoms with Crippen molar-refractivity contribution >= 4 is 28.6 Å². The van der Waals surface area contributed by atoms with Crippen LogP contribution in [0.1, 0.15) is 6.92 Å². The first-order valence-electron chi connectivity index (χ1n) is 2.71. The lowest BCUT2D eigenvalue weighted by atomic mass is 10.6. The number of aromatic amines is 1. The van der Waals surface area contributed by atoms with Crippen LogP contribution in [0, 0.1) is 3.57 Å². The third-order valence-electron chi connectivity index (χ3n) is 0.875. The standard InChI is InChI=1S/C6H6INO2/c1-4(9)10-6-2-5(7)3-8-6/h2-3,8H,1H3. The van der Waals surface area contributed by atoms with Gasteiger partial charge in [-0.25, -0.2) is 0 Å². The van der Waals surface area contributed by atoms with Gasteiger partial charge in [-0.3, -0.25) is 4.79 Å². The van der Waals surface area contributed by atoms with Crippen molar-refractivity contribution in [2.45, 2.75) is 6.92 Å². The zero-order valence-corrected chi connectivity index (χ0v) is 7.51. The summed E-state index contributed by atoms with van der Waals surface area (Å²) in [4.78, 5) is 13.2. The first-order chi connectivity index (χ1) is 4.68. The molecule has 0 bridgehead atoms. The van der Waals surface area contributed by atoms with E-state index >= 15 is 0 Å². The Balaban J connectivity index is 2.67. The third kappa shape index (κ3) is 2.02. The lowest BCUT2D eigenvalue weighted by Gasteiger charge is -1.92. The number of carbonyl (C=O) groups excluding carboxylic acids is 1. The summed E-state index contributed by atoms with van der Waals surface area (Å²) in [5.41, 5.74) is 0. The number of carbonyl (C=O) groups is 1. The molecular weight excluding hydrogens is 245 g/mol. The van der Waals surface area contributed by atoms with Crippen LogP contribution in [0.15, 0.2) is 12.3 Å². The summed E-state index contributed by atoms with van der Waals surface area (Å²) in [5.74, 6) is 0.190. The summed E-state index contributed by atoms with van der Waals surface area (Å²) in [5, 5.41) is 0. The molecular formula is C6H6INO2. The lowest BCUT2D eigenvalue weighted by molar-refractivity contribution is -0.132. The highest BCUT2D eigenvalue weighted by Gasteiger charge is 1.98. The van der Waals surface area contributed by atoms with Crippen LogP contribution >= 0.6 is 22.6 Å². The Morgan fingerprint density at radius 3 is 2.90 bits per heavy atom. The Hall–Kier alpha value is -0.520. The van der Waals surface area contributed by atoms with Crippen molar-refractivity contribution in [1.29, 1.82) is 0 Å². The molecule has 0 saturated carbocycles. The van der Waals surface area contributed by atoms with Gasteiger partial charge in [0.15, 0.2) is 0 Å². The van der Waals surface area contributed by atoms with Gasteiger partial charge in [-0.1, -0.05) is 0 Å². The van der Waals surface area contributed by atoms with Crippen molar-refractivity contribution in [3.8, 4) is 5.88 Å². The van der Waals surface area contributed by atoms with Crippen LogP contribution < -0.4 is 4.74 Å². The van der Waals surface area contributed by atoms with Gasteiger partial charge in [-0.15, -0.1) is 0 Å².